The molecule has 0 unspecified atom stereocenters. The second-order valence-corrected chi connectivity index (χ2v) is 7.45. The molecular formula is C20H20ClN7. The number of rotatable bonds is 4. The van der Waals surface area contributed by atoms with Gasteiger partial charge in [-0.1, -0.05) is 18.9 Å². The van der Waals surface area contributed by atoms with Crippen LogP contribution in [0.4, 0.5) is 0 Å². The van der Waals surface area contributed by atoms with Crippen LogP contribution in [-0.4, -0.2) is 29.3 Å². The Morgan fingerprint density at radius 1 is 1.18 bits per heavy atom. The molecule has 0 amide bonds. The summed E-state index contributed by atoms with van der Waals surface area (Å²) in [5.41, 5.74) is 10.9. The van der Waals surface area contributed by atoms with E-state index in [1.807, 2.05) is 41.5 Å². The molecule has 1 aliphatic rings. The smallest absolute Gasteiger partial charge is 0.225 e. The molecular weight excluding hydrogens is 374 g/mol. The Labute approximate surface area is 167 Å². The van der Waals surface area contributed by atoms with Gasteiger partial charge in [-0.25, -0.2) is 14.6 Å². The zero-order valence-corrected chi connectivity index (χ0v) is 16.0. The second-order valence-electron chi connectivity index (χ2n) is 7.11. The number of halogens is 1. The summed E-state index contributed by atoms with van der Waals surface area (Å²) in [6.45, 7) is 0.435. The van der Waals surface area contributed by atoms with E-state index in [9.17, 15) is 0 Å². The summed E-state index contributed by atoms with van der Waals surface area (Å²) >= 11 is 6.35. The minimum absolute atomic E-state index is 0.215. The molecule has 142 valence electrons. The maximum Gasteiger partial charge on any atom is 0.225 e. The fraction of sp³-hybridized carbons (Fsp3) is 0.300. The Kier molecular flexibility index (Phi) is 4.33. The van der Waals surface area contributed by atoms with Gasteiger partial charge < -0.3 is 10.3 Å². The van der Waals surface area contributed by atoms with E-state index in [0.717, 1.165) is 40.8 Å². The summed E-state index contributed by atoms with van der Waals surface area (Å²) in [5, 5.41) is 4.60. The van der Waals surface area contributed by atoms with Crippen molar-refractivity contribution in [3.63, 3.8) is 0 Å². The topological polar surface area (TPSA) is 87.4 Å². The highest BCUT2D eigenvalue weighted by molar-refractivity contribution is 6.28. The fourth-order valence-electron chi connectivity index (χ4n) is 4.04. The summed E-state index contributed by atoms with van der Waals surface area (Å²) < 4.78 is 3.96. The molecule has 1 aliphatic carbocycles. The van der Waals surface area contributed by atoms with E-state index in [0.29, 0.717) is 18.3 Å². The molecule has 1 saturated carbocycles. The van der Waals surface area contributed by atoms with E-state index in [2.05, 4.69) is 24.6 Å². The minimum atomic E-state index is 0.215. The van der Waals surface area contributed by atoms with Crippen molar-refractivity contribution in [3.05, 3.63) is 53.8 Å². The molecule has 1 fully saturated rings. The van der Waals surface area contributed by atoms with E-state index in [4.69, 9.17) is 17.3 Å². The predicted molar refractivity (Wildman–Crippen MR) is 108 cm³/mol. The molecule has 1 aromatic carbocycles. The Hall–Kier alpha value is -2.77. The predicted octanol–water partition coefficient (Wildman–Crippen LogP) is 3.91. The maximum atomic E-state index is 6.35. The zero-order chi connectivity index (χ0) is 19.1. The number of nitrogens with two attached hydrogens (primary N) is 1. The lowest BCUT2D eigenvalue weighted by atomic mass is 10.0. The maximum absolute atomic E-state index is 6.35. The number of hydrogen-bond donors (Lipinski definition) is 1. The van der Waals surface area contributed by atoms with Crippen LogP contribution < -0.4 is 5.73 Å². The van der Waals surface area contributed by atoms with Gasteiger partial charge in [0.15, 0.2) is 5.65 Å². The summed E-state index contributed by atoms with van der Waals surface area (Å²) in [6.07, 6.45) is 10.3. The molecule has 0 atom stereocenters. The van der Waals surface area contributed by atoms with Gasteiger partial charge in [0.05, 0.1) is 12.0 Å². The van der Waals surface area contributed by atoms with Crippen molar-refractivity contribution >= 4 is 22.8 Å². The quantitative estimate of drug-likeness (QED) is 0.531. The van der Waals surface area contributed by atoms with Gasteiger partial charge in [-0.15, -0.1) is 0 Å². The summed E-state index contributed by atoms with van der Waals surface area (Å²) in [5.74, 6) is 0. The van der Waals surface area contributed by atoms with Gasteiger partial charge in [0.25, 0.3) is 0 Å². The number of aromatic nitrogens is 6. The van der Waals surface area contributed by atoms with Crippen LogP contribution in [0.1, 0.15) is 37.3 Å². The first-order chi connectivity index (χ1) is 13.7. The van der Waals surface area contributed by atoms with Crippen molar-refractivity contribution in [2.45, 2.75) is 38.3 Å². The molecule has 4 aromatic rings. The summed E-state index contributed by atoms with van der Waals surface area (Å²) in [7, 11) is 0. The van der Waals surface area contributed by atoms with Gasteiger partial charge in [0.1, 0.15) is 11.2 Å². The van der Waals surface area contributed by atoms with Crippen LogP contribution in [0, 0.1) is 0 Å². The Balaban J connectivity index is 1.75. The van der Waals surface area contributed by atoms with Crippen molar-refractivity contribution in [1.82, 2.24) is 29.3 Å². The average molecular weight is 394 g/mol. The fourth-order valence-corrected chi connectivity index (χ4v) is 4.20. The van der Waals surface area contributed by atoms with Crippen LogP contribution >= 0.6 is 11.6 Å². The van der Waals surface area contributed by atoms with Crippen LogP contribution in [0.2, 0.25) is 5.28 Å². The van der Waals surface area contributed by atoms with Crippen LogP contribution in [0.25, 0.3) is 28.1 Å². The average Bonchev–Trinajstić information content (AvgIpc) is 3.47. The van der Waals surface area contributed by atoms with Crippen molar-refractivity contribution < 1.29 is 0 Å². The first-order valence-electron chi connectivity index (χ1n) is 9.48. The molecule has 0 radical (unpaired) electrons. The molecule has 0 spiro atoms. The Morgan fingerprint density at radius 2 is 2.04 bits per heavy atom. The zero-order valence-electron chi connectivity index (χ0n) is 15.3. The van der Waals surface area contributed by atoms with E-state index in [-0.39, 0.29) is 5.28 Å². The van der Waals surface area contributed by atoms with Crippen LogP contribution in [0.3, 0.4) is 0 Å². The minimum Gasteiger partial charge on any atom is -0.326 e. The van der Waals surface area contributed by atoms with Gasteiger partial charge in [-0.05, 0) is 48.2 Å². The standard InChI is InChI=1S/C20H20ClN7/c21-20-25-17(18-19(26-20)27(12-23-18)14-4-1-2-5-14)15-10-13(11-22)6-7-16(15)28-9-3-8-24-28/h3,6-10,12,14H,1-2,4-5,11,22H2. The lowest BCUT2D eigenvalue weighted by molar-refractivity contribution is 0.529. The number of hydrogen-bond acceptors (Lipinski definition) is 5. The molecule has 0 saturated heterocycles. The molecule has 0 aliphatic heterocycles. The summed E-state index contributed by atoms with van der Waals surface area (Å²) in [6, 6.07) is 8.34. The van der Waals surface area contributed by atoms with Crippen LogP contribution in [-0.2, 0) is 6.54 Å². The van der Waals surface area contributed by atoms with E-state index in [1.165, 1.54) is 12.8 Å². The lowest BCUT2D eigenvalue weighted by Crippen LogP contribution is -2.06. The first-order valence-corrected chi connectivity index (χ1v) is 9.86. The molecule has 8 heteroatoms. The van der Waals surface area contributed by atoms with Gasteiger partial charge >= 0.3 is 0 Å². The highest BCUT2D eigenvalue weighted by Crippen LogP contribution is 2.35. The number of imidazole rings is 1. The number of benzene rings is 1. The molecule has 3 aromatic heterocycles. The SMILES string of the molecule is NCc1ccc(-n2cccn2)c(-c2nc(Cl)nc3c2ncn3C2CCCC2)c1. The molecule has 2 N–H and O–H groups in total. The van der Waals surface area contributed by atoms with Crippen molar-refractivity contribution in [3.8, 4) is 16.9 Å². The first kappa shape index (κ1) is 17.3. The van der Waals surface area contributed by atoms with E-state index in [1.54, 1.807) is 6.20 Å². The van der Waals surface area contributed by atoms with E-state index < -0.39 is 0 Å². The number of fused-ring (bicyclic) bond motifs is 1. The Morgan fingerprint density at radius 3 is 2.79 bits per heavy atom. The number of nitrogens with zero attached hydrogens (tertiary/aromatic N) is 6. The second kappa shape index (κ2) is 7.00. The summed E-state index contributed by atoms with van der Waals surface area (Å²) in [4.78, 5) is 13.7. The van der Waals surface area contributed by atoms with Crippen molar-refractivity contribution in [1.29, 1.82) is 0 Å². The highest BCUT2D eigenvalue weighted by atomic mass is 35.5. The molecule has 7 nitrogen and oxygen atoms in total. The van der Waals surface area contributed by atoms with Crippen molar-refractivity contribution in [2.75, 3.05) is 0 Å². The van der Waals surface area contributed by atoms with Crippen LogP contribution in [0.5, 0.6) is 0 Å². The largest absolute Gasteiger partial charge is 0.326 e. The lowest BCUT2D eigenvalue weighted by Gasteiger charge is -2.14. The van der Waals surface area contributed by atoms with Gasteiger partial charge in [-0.2, -0.15) is 10.1 Å². The van der Waals surface area contributed by atoms with Crippen molar-refractivity contribution in [2.24, 2.45) is 5.73 Å². The van der Waals surface area contributed by atoms with Gasteiger partial charge in [0.2, 0.25) is 5.28 Å². The normalized spacial score (nSPS) is 14.9. The Bertz CT molecular complexity index is 1130. The van der Waals surface area contributed by atoms with Gasteiger partial charge in [-0.3, -0.25) is 0 Å². The van der Waals surface area contributed by atoms with E-state index >= 15 is 0 Å². The molecule has 5 rings (SSSR count). The molecule has 3 heterocycles. The monoisotopic (exact) mass is 393 g/mol. The van der Waals surface area contributed by atoms with Crippen LogP contribution in [0.15, 0.2) is 43.0 Å². The molecule has 0 bridgehead atoms. The third kappa shape index (κ3) is 2.87. The molecule has 28 heavy (non-hydrogen) atoms. The third-order valence-electron chi connectivity index (χ3n) is 5.42. The van der Waals surface area contributed by atoms with Gasteiger partial charge in [0, 0.05) is 30.5 Å². The third-order valence-corrected chi connectivity index (χ3v) is 5.58. The highest BCUT2D eigenvalue weighted by Gasteiger charge is 2.23.